The van der Waals surface area contributed by atoms with Crippen molar-refractivity contribution < 1.29 is 9.50 Å². The van der Waals surface area contributed by atoms with Crippen molar-refractivity contribution in [2.45, 2.75) is 26.9 Å². The minimum atomic E-state index is -0.820. The predicted molar refractivity (Wildman–Crippen MR) is 55.8 cm³/mol. The third-order valence-electron chi connectivity index (χ3n) is 2.08. The average Bonchev–Trinajstić information content (AvgIpc) is 2.01. The normalized spacial score (nSPS) is 14.1. The zero-order valence-electron chi connectivity index (χ0n) is 8.51. The molecule has 1 rings (SSSR count). The molecule has 1 nitrogen and oxygen atoms in total. The molecule has 0 saturated carbocycles. The van der Waals surface area contributed by atoms with Gasteiger partial charge in [0.05, 0.1) is 6.10 Å². The van der Waals surface area contributed by atoms with Crippen molar-refractivity contribution in [3.63, 3.8) is 0 Å². The number of hydrogen-bond acceptors (Lipinski definition) is 1. The van der Waals surface area contributed by atoms with E-state index in [9.17, 15) is 9.50 Å². The maximum Gasteiger partial charge on any atom is 0.130 e. The van der Waals surface area contributed by atoms with Crippen molar-refractivity contribution in [1.29, 1.82) is 0 Å². The topological polar surface area (TPSA) is 20.2 Å². The fourth-order valence-corrected chi connectivity index (χ4v) is 1.35. The lowest BCUT2D eigenvalue weighted by Crippen LogP contribution is -2.18. The van der Waals surface area contributed by atoms with E-state index in [-0.39, 0.29) is 5.41 Å². The van der Waals surface area contributed by atoms with Gasteiger partial charge in [0, 0.05) is 10.6 Å². The Balaban J connectivity index is 3.08. The van der Waals surface area contributed by atoms with Gasteiger partial charge in [-0.3, -0.25) is 0 Å². The van der Waals surface area contributed by atoms with Crippen LogP contribution in [-0.4, -0.2) is 5.11 Å². The molecule has 0 amide bonds. The van der Waals surface area contributed by atoms with E-state index in [0.717, 1.165) is 0 Å². The van der Waals surface area contributed by atoms with Crippen LogP contribution >= 0.6 is 11.6 Å². The molecule has 1 aromatic rings. The van der Waals surface area contributed by atoms with Gasteiger partial charge in [-0.25, -0.2) is 4.39 Å². The highest BCUT2D eigenvalue weighted by atomic mass is 35.5. The molecule has 0 aromatic heterocycles. The molecule has 78 valence electrons. The number of benzene rings is 1. The Hall–Kier alpha value is -0.600. The smallest absolute Gasteiger partial charge is 0.130 e. The lowest BCUT2D eigenvalue weighted by Gasteiger charge is -2.26. The molecule has 0 spiro atoms. The summed E-state index contributed by atoms with van der Waals surface area (Å²) in [7, 11) is 0. The minimum Gasteiger partial charge on any atom is -0.388 e. The number of aliphatic hydroxyl groups excluding tert-OH is 1. The Morgan fingerprint density at radius 1 is 1.36 bits per heavy atom. The Morgan fingerprint density at radius 3 is 2.36 bits per heavy atom. The van der Waals surface area contributed by atoms with E-state index >= 15 is 0 Å². The molecule has 1 aromatic carbocycles. The number of hydrogen-bond donors (Lipinski definition) is 1. The van der Waals surface area contributed by atoms with Gasteiger partial charge in [0.15, 0.2) is 0 Å². The molecule has 0 heterocycles. The first-order valence-electron chi connectivity index (χ1n) is 4.45. The van der Waals surface area contributed by atoms with Gasteiger partial charge < -0.3 is 5.11 Å². The molecule has 1 N–H and O–H groups in total. The quantitative estimate of drug-likeness (QED) is 0.761. The summed E-state index contributed by atoms with van der Waals surface area (Å²) in [4.78, 5) is 0. The van der Waals surface area contributed by atoms with Crippen molar-refractivity contribution in [2.24, 2.45) is 5.41 Å². The zero-order valence-corrected chi connectivity index (χ0v) is 9.27. The lowest BCUT2D eigenvalue weighted by atomic mass is 9.85. The maximum atomic E-state index is 13.4. The SMILES string of the molecule is CC(C)(C)C(O)c1ccc(Cl)cc1F. The molecular weight excluding hydrogens is 203 g/mol. The first-order valence-corrected chi connectivity index (χ1v) is 4.83. The number of halogens is 2. The second kappa shape index (κ2) is 3.87. The fraction of sp³-hybridized carbons (Fsp3) is 0.455. The van der Waals surface area contributed by atoms with Crippen LogP contribution in [0, 0.1) is 11.2 Å². The molecule has 0 aliphatic heterocycles. The van der Waals surface area contributed by atoms with Gasteiger partial charge in [-0.2, -0.15) is 0 Å². The Morgan fingerprint density at radius 2 is 1.93 bits per heavy atom. The first-order chi connectivity index (χ1) is 6.32. The van der Waals surface area contributed by atoms with Gasteiger partial charge in [0.1, 0.15) is 5.82 Å². The Kier molecular flexibility index (Phi) is 3.17. The summed E-state index contributed by atoms with van der Waals surface area (Å²) in [6, 6.07) is 4.31. The molecule has 0 saturated heterocycles. The largest absolute Gasteiger partial charge is 0.388 e. The van der Waals surface area contributed by atoms with Gasteiger partial charge in [0.25, 0.3) is 0 Å². The number of rotatable bonds is 1. The van der Waals surface area contributed by atoms with E-state index in [4.69, 9.17) is 11.6 Å². The Labute approximate surface area is 88.5 Å². The molecule has 0 bridgehead atoms. The standard InChI is InChI=1S/C11H14ClFO/c1-11(2,3)10(14)8-5-4-7(12)6-9(8)13/h4-6,10,14H,1-3H3. The van der Waals surface area contributed by atoms with E-state index in [1.807, 2.05) is 20.8 Å². The van der Waals surface area contributed by atoms with Gasteiger partial charge >= 0.3 is 0 Å². The molecule has 0 aliphatic carbocycles. The Bertz CT molecular complexity index is 331. The third kappa shape index (κ3) is 2.46. The van der Waals surface area contributed by atoms with Crippen molar-refractivity contribution in [1.82, 2.24) is 0 Å². The first kappa shape index (κ1) is 11.5. The highest BCUT2D eigenvalue weighted by molar-refractivity contribution is 6.30. The van der Waals surface area contributed by atoms with Crippen molar-refractivity contribution >= 4 is 11.6 Å². The summed E-state index contributed by atoms with van der Waals surface area (Å²) >= 11 is 5.61. The van der Waals surface area contributed by atoms with Crippen LogP contribution in [0.1, 0.15) is 32.4 Å². The monoisotopic (exact) mass is 216 g/mol. The van der Waals surface area contributed by atoms with Gasteiger partial charge in [0.2, 0.25) is 0 Å². The van der Waals surface area contributed by atoms with Crippen LogP contribution in [0.3, 0.4) is 0 Å². The molecular formula is C11H14ClFO. The molecule has 0 radical (unpaired) electrons. The molecule has 0 aliphatic rings. The highest BCUT2D eigenvalue weighted by Crippen LogP contribution is 2.34. The molecule has 1 unspecified atom stereocenters. The minimum absolute atomic E-state index is 0.293. The third-order valence-corrected chi connectivity index (χ3v) is 2.31. The van der Waals surface area contributed by atoms with Crippen LogP contribution < -0.4 is 0 Å². The van der Waals surface area contributed by atoms with Crippen LogP contribution in [-0.2, 0) is 0 Å². The lowest BCUT2D eigenvalue weighted by molar-refractivity contribution is 0.0595. The second-order valence-electron chi connectivity index (χ2n) is 4.43. The summed E-state index contributed by atoms with van der Waals surface area (Å²) in [6.07, 6.45) is -0.820. The fourth-order valence-electron chi connectivity index (χ4n) is 1.19. The van der Waals surface area contributed by atoms with Crippen LogP contribution in [0.25, 0.3) is 0 Å². The van der Waals surface area contributed by atoms with E-state index in [0.29, 0.717) is 10.6 Å². The van der Waals surface area contributed by atoms with Gasteiger partial charge in [-0.05, 0) is 17.5 Å². The van der Waals surface area contributed by atoms with E-state index in [1.165, 1.54) is 12.1 Å². The summed E-state index contributed by atoms with van der Waals surface area (Å²) < 4.78 is 13.4. The van der Waals surface area contributed by atoms with E-state index < -0.39 is 11.9 Å². The van der Waals surface area contributed by atoms with Crippen molar-refractivity contribution in [3.8, 4) is 0 Å². The van der Waals surface area contributed by atoms with Crippen LogP contribution in [0.5, 0.6) is 0 Å². The van der Waals surface area contributed by atoms with Gasteiger partial charge in [-0.15, -0.1) is 0 Å². The maximum absolute atomic E-state index is 13.4. The summed E-state index contributed by atoms with van der Waals surface area (Å²) in [5.74, 6) is -0.458. The van der Waals surface area contributed by atoms with Crippen LogP contribution in [0.2, 0.25) is 5.02 Å². The molecule has 1 atom stereocenters. The molecule has 0 fully saturated rings. The summed E-state index contributed by atoms with van der Waals surface area (Å²) in [6.45, 7) is 5.56. The summed E-state index contributed by atoms with van der Waals surface area (Å²) in [5.41, 5.74) is -0.0869. The molecule has 3 heteroatoms. The second-order valence-corrected chi connectivity index (χ2v) is 4.87. The average molecular weight is 217 g/mol. The van der Waals surface area contributed by atoms with Crippen LogP contribution in [0.15, 0.2) is 18.2 Å². The highest BCUT2D eigenvalue weighted by Gasteiger charge is 2.26. The zero-order chi connectivity index (χ0) is 10.9. The van der Waals surface area contributed by atoms with Crippen LogP contribution in [0.4, 0.5) is 4.39 Å². The predicted octanol–water partition coefficient (Wildman–Crippen LogP) is 3.56. The van der Waals surface area contributed by atoms with Gasteiger partial charge in [-0.1, -0.05) is 38.4 Å². The molecule has 14 heavy (non-hydrogen) atoms. The number of aliphatic hydroxyl groups is 1. The van der Waals surface area contributed by atoms with E-state index in [1.54, 1.807) is 6.07 Å². The summed E-state index contributed by atoms with van der Waals surface area (Å²) in [5, 5.41) is 10.2. The van der Waals surface area contributed by atoms with Crippen molar-refractivity contribution in [3.05, 3.63) is 34.6 Å². The van der Waals surface area contributed by atoms with E-state index in [2.05, 4.69) is 0 Å². The van der Waals surface area contributed by atoms with Crippen molar-refractivity contribution in [2.75, 3.05) is 0 Å².